The van der Waals surface area contributed by atoms with Crippen molar-refractivity contribution in [1.29, 1.82) is 0 Å². The molecule has 0 spiro atoms. The van der Waals surface area contributed by atoms with E-state index < -0.39 is 0 Å². The minimum Gasteiger partial charge on any atom is -0.350 e. The van der Waals surface area contributed by atoms with Crippen LogP contribution in [0.4, 0.5) is 5.95 Å². The van der Waals surface area contributed by atoms with Gasteiger partial charge in [-0.05, 0) is 18.0 Å². The average Bonchev–Trinajstić information content (AvgIpc) is 2.91. The number of hydrogen-bond donors (Lipinski definition) is 1. The molecule has 19 heavy (non-hydrogen) atoms. The Morgan fingerprint density at radius 1 is 1.47 bits per heavy atom. The maximum atomic E-state index is 5.89. The van der Waals surface area contributed by atoms with Crippen molar-refractivity contribution in [3.63, 3.8) is 0 Å². The van der Waals surface area contributed by atoms with Crippen molar-refractivity contribution in [2.45, 2.75) is 25.8 Å². The van der Waals surface area contributed by atoms with Crippen LogP contribution in [0.3, 0.4) is 0 Å². The summed E-state index contributed by atoms with van der Waals surface area (Å²) in [5.41, 5.74) is 0. The van der Waals surface area contributed by atoms with Crippen molar-refractivity contribution >= 4 is 17.5 Å². The molecule has 0 saturated carbocycles. The lowest BCUT2D eigenvalue weighted by Crippen LogP contribution is -2.20. The summed E-state index contributed by atoms with van der Waals surface area (Å²) in [5.74, 6) is 3.43. The highest BCUT2D eigenvalue weighted by Gasteiger charge is 2.10. The molecule has 0 bridgehead atoms. The SMILES string of the molecule is C#CCC(CC)Nc1nc(Cl)nc(-n2ccnc2)n1. The Bertz CT molecular complexity index is 574. The van der Waals surface area contributed by atoms with E-state index >= 15 is 0 Å². The van der Waals surface area contributed by atoms with Crippen LogP contribution in [0.15, 0.2) is 18.7 Å². The lowest BCUT2D eigenvalue weighted by molar-refractivity contribution is 0.703. The van der Waals surface area contributed by atoms with E-state index in [1.807, 2.05) is 6.92 Å². The summed E-state index contributed by atoms with van der Waals surface area (Å²) in [6.07, 6.45) is 11.7. The highest BCUT2D eigenvalue weighted by atomic mass is 35.5. The number of terminal acetylenes is 1. The fourth-order valence-electron chi connectivity index (χ4n) is 1.52. The van der Waals surface area contributed by atoms with Crippen LogP contribution in [0.1, 0.15) is 19.8 Å². The Hall–Kier alpha value is -2.13. The van der Waals surface area contributed by atoms with Crippen molar-refractivity contribution in [3.05, 3.63) is 24.0 Å². The molecule has 98 valence electrons. The highest BCUT2D eigenvalue weighted by Crippen LogP contribution is 2.12. The van der Waals surface area contributed by atoms with Crippen LogP contribution in [0.25, 0.3) is 5.95 Å². The van der Waals surface area contributed by atoms with Crippen LogP contribution in [0.2, 0.25) is 5.28 Å². The van der Waals surface area contributed by atoms with Gasteiger partial charge in [0.1, 0.15) is 6.33 Å². The summed E-state index contributed by atoms with van der Waals surface area (Å²) >= 11 is 5.89. The minimum absolute atomic E-state index is 0.110. The van der Waals surface area contributed by atoms with Gasteiger partial charge in [-0.25, -0.2) is 4.98 Å². The molecule has 0 fully saturated rings. The number of hydrogen-bond acceptors (Lipinski definition) is 5. The Morgan fingerprint density at radius 2 is 2.32 bits per heavy atom. The standard InChI is InChI=1S/C12H13ClN6/c1-3-5-9(4-2)15-11-16-10(13)17-12(18-11)19-7-6-14-8-19/h1,6-9H,4-5H2,2H3,(H,15,16,17,18). The first-order valence-corrected chi connectivity index (χ1v) is 6.20. The fourth-order valence-corrected chi connectivity index (χ4v) is 1.67. The summed E-state index contributed by atoms with van der Waals surface area (Å²) in [4.78, 5) is 16.3. The first-order valence-electron chi connectivity index (χ1n) is 5.82. The predicted octanol–water partition coefficient (Wildman–Crippen LogP) is 1.92. The van der Waals surface area contributed by atoms with Gasteiger partial charge in [-0.2, -0.15) is 15.0 Å². The Labute approximate surface area is 116 Å². The van der Waals surface area contributed by atoms with Gasteiger partial charge in [0, 0.05) is 24.9 Å². The number of rotatable bonds is 5. The fraction of sp³-hybridized carbons (Fsp3) is 0.333. The van der Waals surface area contributed by atoms with Gasteiger partial charge >= 0.3 is 0 Å². The summed E-state index contributed by atoms with van der Waals surface area (Å²) in [6.45, 7) is 2.04. The molecule has 2 aromatic heterocycles. The van der Waals surface area contributed by atoms with E-state index in [-0.39, 0.29) is 11.3 Å². The third-order valence-electron chi connectivity index (χ3n) is 2.52. The molecule has 0 aliphatic rings. The molecule has 0 aliphatic carbocycles. The van der Waals surface area contributed by atoms with E-state index in [1.165, 1.54) is 0 Å². The number of imidazole rings is 1. The Morgan fingerprint density at radius 3 is 2.95 bits per heavy atom. The van der Waals surface area contributed by atoms with Crippen LogP contribution in [0.5, 0.6) is 0 Å². The van der Waals surface area contributed by atoms with Gasteiger partial charge in [-0.3, -0.25) is 4.57 Å². The predicted molar refractivity (Wildman–Crippen MR) is 73.1 cm³/mol. The van der Waals surface area contributed by atoms with E-state index in [1.54, 1.807) is 23.3 Å². The zero-order valence-electron chi connectivity index (χ0n) is 10.4. The van der Waals surface area contributed by atoms with Crippen molar-refractivity contribution < 1.29 is 0 Å². The van der Waals surface area contributed by atoms with Crippen LogP contribution >= 0.6 is 11.6 Å². The molecule has 1 atom stereocenters. The number of anilines is 1. The van der Waals surface area contributed by atoms with Crippen molar-refractivity contribution in [2.75, 3.05) is 5.32 Å². The van der Waals surface area contributed by atoms with E-state index in [2.05, 4.69) is 31.2 Å². The lowest BCUT2D eigenvalue weighted by Gasteiger charge is -2.14. The first-order chi connectivity index (χ1) is 9.22. The number of nitrogens with one attached hydrogen (secondary N) is 1. The van der Waals surface area contributed by atoms with E-state index in [4.69, 9.17) is 18.0 Å². The summed E-state index contributed by atoms with van der Waals surface area (Å²) in [6, 6.07) is 0.110. The number of halogens is 1. The van der Waals surface area contributed by atoms with E-state index in [9.17, 15) is 0 Å². The molecule has 0 aliphatic heterocycles. The zero-order chi connectivity index (χ0) is 13.7. The number of nitrogens with zero attached hydrogens (tertiary/aromatic N) is 5. The second-order valence-electron chi connectivity index (χ2n) is 3.86. The second kappa shape index (κ2) is 6.16. The lowest BCUT2D eigenvalue weighted by atomic mass is 10.2. The molecule has 2 heterocycles. The molecule has 0 aromatic carbocycles. The Balaban J connectivity index is 2.24. The van der Waals surface area contributed by atoms with Gasteiger partial charge in [0.05, 0.1) is 0 Å². The van der Waals surface area contributed by atoms with Gasteiger partial charge in [-0.1, -0.05) is 6.92 Å². The van der Waals surface area contributed by atoms with Gasteiger partial charge < -0.3 is 5.32 Å². The molecule has 6 nitrogen and oxygen atoms in total. The van der Waals surface area contributed by atoms with Gasteiger partial charge in [0.2, 0.25) is 17.2 Å². The highest BCUT2D eigenvalue weighted by molar-refractivity contribution is 6.28. The summed E-state index contributed by atoms with van der Waals surface area (Å²) < 4.78 is 1.65. The molecule has 0 amide bonds. The smallest absolute Gasteiger partial charge is 0.241 e. The maximum absolute atomic E-state index is 5.89. The van der Waals surface area contributed by atoms with Crippen LogP contribution in [-0.4, -0.2) is 30.5 Å². The molecular weight excluding hydrogens is 264 g/mol. The zero-order valence-corrected chi connectivity index (χ0v) is 11.2. The van der Waals surface area contributed by atoms with Crippen LogP contribution in [0, 0.1) is 12.3 Å². The monoisotopic (exact) mass is 276 g/mol. The molecule has 1 unspecified atom stereocenters. The third-order valence-corrected chi connectivity index (χ3v) is 2.69. The summed E-state index contributed by atoms with van der Waals surface area (Å²) in [5, 5.41) is 3.27. The Kier molecular flexibility index (Phi) is 4.31. The van der Waals surface area contributed by atoms with Crippen LogP contribution < -0.4 is 5.32 Å². The van der Waals surface area contributed by atoms with Crippen LogP contribution in [-0.2, 0) is 0 Å². The van der Waals surface area contributed by atoms with Crippen molar-refractivity contribution in [3.8, 4) is 18.3 Å². The van der Waals surface area contributed by atoms with Crippen molar-refractivity contribution in [2.24, 2.45) is 0 Å². The topological polar surface area (TPSA) is 68.5 Å². The van der Waals surface area contributed by atoms with E-state index in [0.29, 0.717) is 18.3 Å². The van der Waals surface area contributed by atoms with Gasteiger partial charge in [0.15, 0.2) is 0 Å². The largest absolute Gasteiger partial charge is 0.350 e. The minimum atomic E-state index is 0.110. The number of aromatic nitrogens is 5. The van der Waals surface area contributed by atoms with E-state index in [0.717, 1.165) is 6.42 Å². The molecule has 2 aromatic rings. The maximum Gasteiger partial charge on any atom is 0.241 e. The van der Waals surface area contributed by atoms with Gasteiger partial charge in [0.25, 0.3) is 0 Å². The summed E-state index contributed by atoms with van der Waals surface area (Å²) in [7, 11) is 0. The average molecular weight is 277 g/mol. The normalized spacial score (nSPS) is 11.8. The van der Waals surface area contributed by atoms with Crippen molar-refractivity contribution in [1.82, 2.24) is 24.5 Å². The molecule has 0 saturated heterocycles. The molecule has 2 rings (SSSR count). The quantitative estimate of drug-likeness (QED) is 0.845. The molecule has 7 heteroatoms. The first kappa shape index (κ1) is 13.3. The molecule has 0 radical (unpaired) electrons. The molecule has 1 N–H and O–H groups in total. The molecular formula is C12H13ClN6. The third kappa shape index (κ3) is 3.42. The van der Waals surface area contributed by atoms with Gasteiger partial charge in [-0.15, -0.1) is 12.3 Å². The second-order valence-corrected chi connectivity index (χ2v) is 4.19.